The molecule has 0 spiro atoms. The van der Waals surface area contributed by atoms with Crippen molar-refractivity contribution in [3.63, 3.8) is 0 Å². The monoisotopic (exact) mass is 903 g/mol. The summed E-state index contributed by atoms with van der Waals surface area (Å²) < 4.78 is 12.3. The topological polar surface area (TPSA) is 24.6 Å². The molecular formula is C66H41N5. The molecule has 0 radical (unpaired) electrons. The lowest BCUT2D eigenvalue weighted by molar-refractivity contribution is 1.10. The fourth-order valence-electron chi connectivity index (χ4n) is 12.3. The highest BCUT2D eigenvalue weighted by atomic mass is 15.1. The SMILES string of the molecule is c1ccc2c(c1)c1ccccc1n2-c1cc(-n2c3ccccc3c3ccccc32)cc(-n2c3ccc(-n4c5ccccc5c5ccccc54)cc3c3cc(-n4c5ccccc5c5ccccc54)ccc32)c1. The second-order valence-corrected chi connectivity index (χ2v) is 18.9. The summed E-state index contributed by atoms with van der Waals surface area (Å²) >= 11 is 0. The largest absolute Gasteiger partial charge is 0.309 e. The fraction of sp³-hybridized carbons (Fsp3) is 0. The Bertz CT molecular complexity index is 4380. The number of hydrogen-bond donors (Lipinski definition) is 0. The predicted molar refractivity (Wildman–Crippen MR) is 298 cm³/mol. The predicted octanol–water partition coefficient (Wildman–Crippen LogP) is 17.2. The van der Waals surface area contributed by atoms with E-state index in [1.165, 1.54) is 98.0 Å². The summed E-state index contributed by atoms with van der Waals surface area (Å²) in [6, 6.07) is 91.8. The van der Waals surface area contributed by atoms with E-state index in [4.69, 9.17) is 0 Å². The smallest absolute Gasteiger partial charge is 0.0542 e. The summed E-state index contributed by atoms with van der Waals surface area (Å²) in [4.78, 5) is 0. The maximum absolute atomic E-state index is 2.50. The van der Waals surface area contributed by atoms with Crippen LogP contribution < -0.4 is 0 Å². The Hall–Kier alpha value is -9.58. The lowest BCUT2D eigenvalue weighted by Crippen LogP contribution is -2.03. The van der Waals surface area contributed by atoms with Crippen LogP contribution in [-0.4, -0.2) is 22.8 Å². The van der Waals surface area contributed by atoms with Crippen LogP contribution in [0.3, 0.4) is 0 Å². The maximum Gasteiger partial charge on any atom is 0.0542 e. The van der Waals surface area contributed by atoms with Crippen molar-refractivity contribution in [2.45, 2.75) is 0 Å². The molecule has 0 aliphatic rings. The molecule has 0 saturated heterocycles. The van der Waals surface area contributed by atoms with E-state index in [2.05, 4.69) is 272 Å². The van der Waals surface area contributed by atoms with Gasteiger partial charge in [-0.05, 0) is 103 Å². The van der Waals surface area contributed by atoms with Gasteiger partial charge in [-0.25, -0.2) is 0 Å². The average Bonchev–Trinajstić information content (AvgIpc) is 4.23. The summed E-state index contributed by atoms with van der Waals surface area (Å²) in [5.74, 6) is 0. The van der Waals surface area contributed by atoms with Crippen molar-refractivity contribution < 1.29 is 0 Å². The number of fused-ring (bicyclic) bond motifs is 15. The molecule has 0 aliphatic carbocycles. The third kappa shape index (κ3) is 5.34. The number of nitrogens with zero attached hydrogens (tertiary/aromatic N) is 5. The van der Waals surface area contributed by atoms with Gasteiger partial charge in [-0.1, -0.05) is 146 Å². The lowest BCUT2D eigenvalue weighted by atomic mass is 10.1. The fourth-order valence-corrected chi connectivity index (χ4v) is 12.3. The molecule has 0 saturated carbocycles. The van der Waals surface area contributed by atoms with Crippen LogP contribution >= 0.6 is 0 Å². The molecule has 0 fully saturated rings. The van der Waals surface area contributed by atoms with Gasteiger partial charge in [0.2, 0.25) is 0 Å². The second-order valence-electron chi connectivity index (χ2n) is 18.9. The van der Waals surface area contributed by atoms with E-state index in [-0.39, 0.29) is 0 Å². The Morgan fingerprint density at radius 3 is 0.549 bits per heavy atom. The van der Waals surface area contributed by atoms with Crippen molar-refractivity contribution in [2.75, 3.05) is 0 Å². The number of aromatic nitrogens is 5. The van der Waals surface area contributed by atoms with Crippen LogP contribution in [0.1, 0.15) is 0 Å². The zero-order chi connectivity index (χ0) is 46.3. The molecule has 5 heterocycles. The molecule has 71 heavy (non-hydrogen) atoms. The van der Waals surface area contributed by atoms with Gasteiger partial charge in [-0.15, -0.1) is 0 Å². The minimum Gasteiger partial charge on any atom is -0.309 e. The van der Waals surface area contributed by atoms with Crippen LogP contribution in [0.15, 0.2) is 249 Å². The Labute approximate surface area is 407 Å². The minimum absolute atomic E-state index is 1.08. The summed E-state index contributed by atoms with van der Waals surface area (Å²) in [6.07, 6.45) is 0. The molecule has 16 rings (SSSR count). The highest BCUT2D eigenvalue weighted by Gasteiger charge is 2.22. The van der Waals surface area contributed by atoms with Crippen LogP contribution in [-0.2, 0) is 0 Å². The maximum atomic E-state index is 2.50. The Kier molecular flexibility index (Phi) is 7.82. The summed E-state index contributed by atoms with van der Waals surface area (Å²) in [6.45, 7) is 0. The average molecular weight is 904 g/mol. The molecule has 0 amide bonds. The van der Waals surface area contributed by atoms with Gasteiger partial charge >= 0.3 is 0 Å². The molecular weight excluding hydrogens is 863 g/mol. The van der Waals surface area contributed by atoms with Crippen molar-refractivity contribution in [3.8, 4) is 28.4 Å². The van der Waals surface area contributed by atoms with E-state index < -0.39 is 0 Å². The highest BCUT2D eigenvalue weighted by Crippen LogP contribution is 2.42. The van der Waals surface area contributed by atoms with Crippen molar-refractivity contribution in [1.82, 2.24) is 22.8 Å². The van der Waals surface area contributed by atoms with Gasteiger partial charge < -0.3 is 22.8 Å². The van der Waals surface area contributed by atoms with E-state index >= 15 is 0 Å². The third-order valence-corrected chi connectivity index (χ3v) is 15.2. The highest BCUT2D eigenvalue weighted by molar-refractivity contribution is 6.15. The van der Waals surface area contributed by atoms with Crippen LogP contribution in [0.25, 0.3) is 137 Å². The van der Waals surface area contributed by atoms with Gasteiger partial charge in [0, 0.05) is 65.2 Å². The van der Waals surface area contributed by atoms with Gasteiger partial charge in [0.05, 0.1) is 72.2 Å². The van der Waals surface area contributed by atoms with Crippen molar-refractivity contribution in [3.05, 3.63) is 249 Å². The zero-order valence-corrected chi connectivity index (χ0v) is 38.4. The molecule has 11 aromatic carbocycles. The molecule has 0 bridgehead atoms. The lowest BCUT2D eigenvalue weighted by Gasteiger charge is -2.17. The first-order chi connectivity index (χ1) is 35.2. The van der Waals surface area contributed by atoms with Crippen LogP contribution in [0.4, 0.5) is 0 Å². The summed E-state index contributed by atoms with van der Waals surface area (Å²) in [7, 11) is 0. The number of benzene rings is 11. The molecule has 5 nitrogen and oxygen atoms in total. The standard InChI is InChI=1S/C66H41N5/c1-9-25-57-47(17-1)48-18-2-10-26-58(48)67(57)42-33-35-65-55(40-42)56-41-43(68-59-27-11-3-19-49(59)50-20-4-12-28-60(50)68)34-36-66(56)71(65)46-38-44(69-61-29-13-5-21-51(61)52-22-6-14-30-62(52)69)37-45(39-46)70-63-31-15-7-23-53(63)54-24-8-16-32-64(54)70/h1-41H. The molecule has 5 aromatic heterocycles. The first-order valence-electron chi connectivity index (χ1n) is 24.4. The number of hydrogen-bond acceptors (Lipinski definition) is 0. The Morgan fingerprint density at radius 1 is 0.141 bits per heavy atom. The van der Waals surface area contributed by atoms with Crippen molar-refractivity contribution in [2.24, 2.45) is 0 Å². The van der Waals surface area contributed by atoms with Crippen molar-refractivity contribution in [1.29, 1.82) is 0 Å². The van der Waals surface area contributed by atoms with Gasteiger partial charge in [0.1, 0.15) is 0 Å². The molecule has 0 unspecified atom stereocenters. The molecule has 330 valence electrons. The molecule has 0 N–H and O–H groups in total. The third-order valence-electron chi connectivity index (χ3n) is 15.2. The van der Waals surface area contributed by atoms with E-state index in [0.29, 0.717) is 0 Å². The van der Waals surface area contributed by atoms with Gasteiger partial charge in [0.15, 0.2) is 0 Å². The molecule has 0 aliphatic heterocycles. The van der Waals surface area contributed by atoms with E-state index in [1.807, 2.05) is 0 Å². The zero-order valence-electron chi connectivity index (χ0n) is 38.4. The molecule has 0 atom stereocenters. The number of para-hydroxylation sites is 8. The first-order valence-corrected chi connectivity index (χ1v) is 24.4. The summed E-state index contributed by atoms with van der Waals surface area (Å²) in [5, 5.41) is 12.3. The normalized spacial score (nSPS) is 12.2. The van der Waals surface area contributed by atoms with Crippen LogP contribution in [0.2, 0.25) is 0 Å². The van der Waals surface area contributed by atoms with E-state index in [0.717, 1.165) is 39.5 Å². The summed E-state index contributed by atoms with van der Waals surface area (Å²) in [5.41, 5.74) is 17.3. The van der Waals surface area contributed by atoms with Crippen LogP contribution in [0, 0.1) is 0 Å². The van der Waals surface area contributed by atoms with Crippen LogP contribution in [0.5, 0.6) is 0 Å². The van der Waals surface area contributed by atoms with Gasteiger partial charge in [0.25, 0.3) is 0 Å². The molecule has 16 aromatic rings. The minimum atomic E-state index is 1.08. The first kappa shape index (κ1) is 38.4. The van der Waals surface area contributed by atoms with Gasteiger partial charge in [-0.3, -0.25) is 0 Å². The Balaban J connectivity index is 1.04. The second kappa shape index (κ2) is 14.5. The number of rotatable bonds is 5. The van der Waals surface area contributed by atoms with Gasteiger partial charge in [-0.2, -0.15) is 0 Å². The van der Waals surface area contributed by atoms with Crippen molar-refractivity contribution >= 4 is 109 Å². The van der Waals surface area contributed by atoms with E-state index in [1.54, 1.807) is 0 Å². The van der Waals surface area contributed by atoms with E-state index in [9.17, 15) is 0 Å². The molecule has 5 heteroatoms. The Morgan fingerprint density at radius 2 is 0.324 bits per heavy atom. The quantitative estimate of drug-likeness (QED) is 0.164.